The van der Waals surface area contributed by atoms with E-state index in [-0.39, 0.29) is 5.75 Å². The molecule has 0 saturated carbocycles. The molecule has 4 aromatic rings. The first-order valence-corrected chi connectivity index (χ1v) is 10.9. The minimum atomic E-state index is -0.446. The highest BCUT2D eigenvalue weighted by molar-refractivity contribution is 7.13. The van der Waals surface area contributed by atoms with Crippen LogP contribution >= 0.6 is 11.3 Å². The fraction of sp³-hybridized carbons (Fsp3) is 0.0833. The van der Waals surface area contributed by atoms with Crippen LogP contribution in [-0.2, 0) is 0 Å². The van der Waals surface area contributed by atoms with Gasteiger partial charge in [-0.3, -0.25) is 10.3 Å². The zero-order chi connectivity index (χ0) is 21.9. The van der Waals surface area contributed by atoms with Crippen molar-refractivity contribution in [2.45, 2.75) is 12.5 Å². The average molecular weight is 442 g/mol. The van der Waals surface area contributed by atoms with E-state index in [0.717, 1.165) is 21.8 Å². The fourth-order valence-electron chi connectivity index (χ4n) is 3.63. The predicted molar refractivity (Wildman–Crippen MR) is 125 cm³/mol. The Morgan fingerprint density at radius 3 is 2.59 bits per heavy atom. The number of hydrazone groups is 1. The second-order valence-electron chi connectivity index (χ2n) is 7.25. The molecule has 1 atom stereocenters. The molecule has 1 aliphatic rings. The first-order chi connectivity index (χ1) is 15.7. The number of anilines is 1. The van der Waals surface area contributed by atoms with Gasteiger partial charge in [0.05, 0.1) is 11.8 Å². The van der Waals surface area contributed by atoms with Crippen molar-refractivity contribution in [3.63, 3.8) is 0 Å². The second kappa shape index (κ2) is 8.60. The standard InChI is InChI=1S/C24H19N5O2S/c30-21-11-5-4-10-18(21)20-13-19(17-9-6-12-25-14-17)28-29(20)24(31)27-22-15-32-23(26-22)16-7-2-1-3-8-16/h1-12,14-15,20,30H,13H2,(H,27,31). The maximum atomic E-state index is 13.2. The third kappa shape index (κ3) is 3.95. The van der Waals surface area contributed by atoms with E-state index >= 15 is 0 Å². The van der Waals surface area contributed by atoms with E-state index in [2.05, 4.69) is 20.4 Å². The number of urea groups is 1. The van der Waals surface area contributed by atoms with E-state index in [1.807, 2.05) is 48.5 Å². The molecule has 0 spiro atoms. The molecule has 0 fully saturated rings. The van der Waals surface area contributed by atoms with E-state index in [9.17, 15) is 9.90 Å². The lowest BCUT2D eigenvalue weighted by atomic mass is 9.98. The van der Waals surface area contributed by atoms with E-state index in [1.165, 1.54) is 16.3 Å². The molecule has 2 N–H and O–H groups in total. The molecule has 2 aromatic carbocycles. The van der Waals surface area contributed by atoms with Gasteiger partial charge in [0.15, 0.2) is 0 Å². The van der Waals surface area contributed by atoms with E-state index in [0.29, 0.717) is 17.8 Å². The Balaban J connectivity index is 1.43. The zero-order valence-corrected chi connectivity index (χ0v) is 17.7. The summed E-state index contributed by atoms with van der Waals surface area (Å²) in [7, 11) is 0. The van der Waals surface area contributed by atoms with Gasteiger partial charge in [0.2, 0.25) is 0 Å². The molecule has 2 aromatic heterocycles. The Kier molecular flexibility index (Phi) is 5.35. The minimum Gasteiger partial charge on any atom is -0.508 e. The number of carbonyl (C=O) groups is 1. The van der Waals surface area contributed by atoms with Gasteiger partial charge in [0.25, 0.3) is 0 Å². The number of hydrogen-bond acceptors (Lipinski definition) is 6. The highest BCUT2D eigenvalue weighted by Gasteiger charge is 2.35. The number of aromatic hydroxyl groups is 1. The summed E-state index contributed by atoms with van der Waals surface area (Å²) in [6.45, 7) is 0. The topological polar surface area (TPSA) is 90.7 Å². The third-order valence-electron chi connectivity index (χ3n) is 5.17. The minimum absolute atomic E-state index is 0.123. The van der Waals surface area contributed by atoms with Gasteiger partial charge in [-0.25, -0.2) is 14.8 Å². The summed E-state index contributed by atoms with van der Waals surface area (Å²) < 4.78 is 0. The van der Waals surface area contributed by atoms with Crippen LogP contribution in [0.2, 0.25) is 0 Å². The maximum Gasteiger partial charge on any atom is 0.344 e. The van der Waals surface area contributed by atoms with Crippen LogP contribution in [0, 0.1) is 0 Å². The largest absolute Gasteiger partial charge is 0.508 e. The number of phenolic OH excluding ortho intramolecular Hbond substituents is 1. The molecule has 1 unspecified atom stereocenters. The molecule has 3 heterocycles. The lowest BCUT2D eigenvalue weighted by Crippen LogP contribution is -2.31. The summed E-state index contributed by atoms with van der Waals surface area (Å²) in [4.78, 5) is 21.9. The number of benzene rings is 2. The lowest BCUT2D eigenvalue weighted by molar-refractivity contribution is 0.199. The van der Waals surface area contributed by atoms with Gasteiger partial charge in [-0.2, -0.15) is 5.10 Å². The van der Waals surface area contributed by atoms with Crippen molar-refractivity contribution in [3.8, 4) is 16.3 Å². The number of nitrogens with zero attached hydrogens (tertiary/aromatic N) is 4. The highest BCUT2D eigenvalue weighted by Crippen LogP contribution is 2.37. The van der Waals surface area contributed by atoms with Crippen molar-refractivity contribution in [1.82, 2.24) is 15.0 Å². The monoisotopic (exact) mass is 441 g/mol. The van der Waals surface area contributed by atoms with Gasteiger partial charge in [-0.1, -0.05) is 54.6 Å². The molecule has 158 valence electrons. The van der Waals surface area contributed by atoms with Gasteiger partial charge in [0, 0.05) is 40.9 Å². The SMILES string of the molecule is O=C(Nc1csc(-c2ccccc2)n1)N1N=C(c2cccnc2)CC1c1ccccc1O. The number of aromatic nitrogens is 2. The Bertz CT molecular complexity index is 1270. The smallest absolute Gasteiger partial charge is 0.344 e. The number of hydrogen-bond donors (Lipinski definition) is 2. The number of rotatable bonds is 4. The molecule has 32 heavy (non-hydrogen) atoms. The summed E-state index contributed by atoms with van der Waals surface area (Å²) in [6.07, 6.45) is 3.87. The Labute approximate surface area is 188 Å². The quantitative estimate of drug-likeness (QED) is 0.450. The number of pyridine rings is 1. The first kappa shape index (κ1) is 19.9. The van der Waals surface area contributed by atoms with Gasteiger partial charge in [-0.15, -0.1) is 11.3 Å². The highest BCUT2D eigenvalue weighted by atomic mass is 32.1. The van der Waals surface area contributed by atoms with Gasteiger partial charge < -0.3 is 5.11 Å². The maximum absolute atomic E-state index is 13.2. The van der Waals surface area contributed by atoms with Crippen LogP contribution in [0.1, 0.15) is 23.6 Å². The van der Waals surface area contributed by atoms with E-state index in [1.54, 1.807) is 36.0 Å². The number of phenols is 1. The van der Waals surface area contributed by atoms with Gasteiger partial charge >= 0.3 is 6.03 Å². The van der Waals surface area contributed by atoms with Crippen LogP contribution < -0.4 is 5.32 Å². The molecule has 0 radical (unpaired) electrons. The van der Waals surface area contributed by atoms with Crippen LogP contribution in [0.5, 0.6) is 5.75 Å². The molecule has 5 rings (SSSR count). The van der Waals surface area contributed by atoms with Crippen molar-refractivity contribution in [2.75, 3.05) is 5.32 Å². The van der Waals surface area contributed by atoms with Crippen LogP contribution in [0.4, 0.5) is 10.6 Å². The van der Waals surface area contributed by atoms with Crippen LogP contribution in [0.15, 0.2) is 89.6 Å². The van der Waals surface area contributed by atoms with Crippen molar-refractivity contribution in [2.24, 2.45) is 5.10 Å². The zero-order valence-electron chi connectivity index (χ0n) is 16.9. The second-order valence-corrected chi connectivity index (χ2v) is 8.10. The number of carbonyl (C=O) groups excluding carboxylic acids is 1. The normalized spacial score (nSPS) is 15.4. The van der Waals surface area contributed by atoms with E-state index < -0.39 is 12.1 Å². The van der Waals surface area contributed by atoms with Crippen LogP contribution in [0.3, 0.4) is 0 Å². The third-order valence-corrected chi connectivity index (χ3v) is 6.06. The fourth-order valence-corrected chi connectivity index (χ4v) is 4.39. The van der Waals surface area contributed by atoms with Crippen LogP contribution in [-0.4, -0.2) is 31.8 Å². The molecule has 8 heteroatoms. The predicted octanol–water partition coefficient (Wildman–Crippen LogP) is 5.29. The lowest BCUT2D eigenvalue weighted by Gasteiger charge is -2.22. The summed E-state index contributed by atoms with van der Waals surface area (Å²) in [5.41, 5.74) is 3.18. The molecule has 1 aliphatic heterocycles. The summed E-state index contributed by atoms with van der Waals surface area (Å²) in [5, 5.41) is 21.8. The summed E-state index contributed by atoms with van der Waals surface area (Å²) >= 11 is 1.46. The number of amides is 2. The molecule has 2 amide bonds. The van der Waals surface area contributed by atoms with Crippen molar-refractivity contribution in [3.05, 3.63) is 95.6 Å². The molecule has 0 bridgehead atoms. The molecule has 0 saturated heterocycles. The molecular formula is C24H19N5O2S. The van der Waals surface area contributed by atoms with Crippen molar-refractivity contribution < 1.29 is 9.90 Å². The molecular weight excluding hydrogens is 422 g/mol. The van der Waals surface area contributed by atoms with Gasteiger partial charge in [-0.05, 0) is 12.1 Å². The summed E-state index contributed by atoms with van der Waals surface area (Å²) in [5.74, 6) is 0.581. The van der Waals surface area contributed by atoms with Gasteiger partial charge in [0.1, 0.15) is 16.6 Å². The Morgan fingerprint density at radius 1 is 1.03 bits per heavy atom. The van der Waals surface area contributed by atoms with Crippen molar-refractivity contribution >= 4 is 28.9 Å². The molecule has 7 nitrogen and oxygen atoms in total. The Morgan fingerprint density at radius 2 is 1.81 bits per heavy atom. The number of para-hydroxylation sites is 1. The van der Waals surface area contributed by atoms with Crippen molar-refractivity contribution in [1.29, 1.82) is 0 Å². The number of nitrogens with one attached hydrogen (secondary N) is 1. The van der Waals surface area contributed by atoms with E-state index in [4.69, 9.17) is 0 Å². The van der Waals surface area contributed by atoms with Crippen LogP contribution in [0.25, 0.3) is 10.6 Å². The Hall–Kier alpha value is -4.04. The molecule has 0 aliphatic carbocycles. The average Bonchev–Trinajstić information content (AvgIpc) is 3.48. The number of thiazole rings is 1. The first-order valence-electron chi connectivity index (χ1n) is 10.1. The summed E-state index contributed by atoms with van der Waals surface area (Å²) in [6, 6.07) is 19.7.